The lowest BCUT2D eigenvalue weighted by Crippen LogP contribution is -2.62. The number of benzene rings is 3. The van der Waals surface area contributed by atoms with Crippen molar-refractivity contribution in [1.82, 2.24) is 0 Å². The first-order valence-electron chi connectivity index (χ1n) is 10.5. The van der Waals surface area contributed by atoms with Gasteiger partial charge in [0.25, 0.3) is 5.60 Å². The molecule has 35 heavy (non-hydrogen) atoms. The van der Waals surface area contributed by atoms with Crippen LogP contribution in [0.1, 0.15) is 23.6 Å². The summed E-state index contributed by atoms with van der Waals surface area (Å²) in [5.41, 5.74) is -3.25. The number of nitrogens with zero attached hydrogens (tertiary/aromatic N) is 2. The number of aryl methyl sites for hydroxylation is 1. The molecule has 1 aliphatic rings. The minimum absolute atomic E-state index is 0.0846. The van der Waals surface area contributed by atoms with Gasteiger partial charge in [0.05, 0.1) is 22.5 Å². The summed E-state index contributed by atoms with van der Waals surface area (Å²) in [6.45, 7) is 1.94. The average Bonchev–Trinajstić information content (AvgIpc) is 3.23. The molecule has 3 aromatic carbocycles. The van der Waals surface area contributed by atoms with Gasteiger partial charge < -0.3 is 5.11 Å². The van der Waals surface area contributed by atoms with Crippen LogP contribution in [0.15, 0.2) is 77.9 Å². The molecular weight excluding hydrogens is 494 g/mol. The minimum atomic E-state index is -6.03. The van der Waals surface area contributed by atoms with Crippen LogP contribution in [0.4, 0.5) is 32.0 Å². The quantitative estimate of drug-likeness (QED) is 0.368. The molecule has 184 valence electrons. The van der Waals surface area contributed by atoms with E-state index in [9.17, 15) is 31.4 Å². The van der Waals surface area contributed by atoms with Gasteiger partial charge in [-0.05, 0) is 35.7 Å². The largest absolute Gasteiger partial charge is 0.431 e. The first kappa shape index (κ1) is 25.1. The predicted octanol–water partition coefficient (Wildman–Crippen LogP) is 7.48. The van der Waals surface area contributed by atoms with E-state index in [1.165, 1.54) is 18.2 Å². The van der Waals surface area contributed by atoms with Gasteiger partial charge in [0.1, 0.15) is 0 Å². The van der Waals surface area contributed by atoms with E-state index in [4.69, 9.17) is 11.6 Å². The highest BCUT2D eigenvalue weighted by atomic mass is 35.5. The Bertz CT molecular complexity index is 1220. The molecule has 0 amide bonds. The van der Waals surface area contributed by atoms with Crippen LogP contribution in [0.2, 0.25) is 5.02 Å². The molecule has 1 N–H and O–H groups in total. The van der Waals surface area contributed by atoms with Crippen molar-refractivity contribution in [2.24, 2.45) is 5.10 Å². The third-order valence-electron chi connectivity index (χ3n) is 5.93. The van der Waals surface area contributed by atoms with Crippen LogP contribution in [0.3, 0.4) is 0 Å². The smallest absolute Gasteiger partial charge is 0.369 e. The van der Waals surface area contributed by atoms with Crippen LogP contribution in [-0.2, 0) is 0 Å². The molecule has 1 atom stereocenters. The number of hydrogen-bond donors (Lipinski definition) is 1. The number of hydrazone groups is 1. The molecule has 0 saturated carbocycles. The summed E-state index contributed by atoms with van der Waals surface area (Å²) in [6, 6.07) is 19.3. The van der Waals surface area contributed by atoms with Crippen LogP contribution in [0.5, 0.6) is 0 Å². The zero-order valence-corrected chi connectivity index (χ0v) is 19.0. The van der Waals surface area contributed by atoms with E-state index in [0.29, 0.717) is 5.56 Å². The second-order valence-corrected chi connectivity index (χ2v) is 8.66. The Hall–Kier alpha value is -3.04. The number of anilines is 1. The Labute approximate surface area is 202 Å². The fourth-order valence-corrected chi connectivity index (χ4v) is 4.20. The van der Waals surface area contributed by atoms with Gasteiger partial charge in [-0.1, -0.05) is 77.8 Å². The zero-order chi connectivity index (χ0) is 25.6. The first-order chi connectivity index (χ1) is 16.3. The van der Waals surface area contributed by atoms with Crippen molar-refractivity contribution in [1.29, 1.82) is 0 Å². The van der Waals surface area contributed by atoms with Crippen molar-refractivity contribution in [3.63, 3.8) is 0 Å². The van der Waals surface area contributed by atoms with Crippen molar-refractivity contribution in [2.75, 3.05) is 5.01 Å². The zero-order valence-electron chi connectivity index (χ0n) is 18.2. The van der Waals surface area contributed by atoms with Crippen LogP contribution in [0.25, 0.3) is 11.1 Å². The molecule has 10 heteroatoms. The van der Waals surface area contributed by atoms with E-state index in [1.807, 2.05) is 31.2 Å². The molecule has 3 aromatic rings. The van der Waals surface area contributed by atoms with Gasteiger partial charge >= 0.3 is 12.4 Å². The summed E-state index contributed by atoms with van der Waals surface area (Å²) in [6.07, 6.45) is -12.9. The monoisotopic (exact) mass is 512 g/mol. The average molecular weight is 513 g/mol. The van der Waals surface area contributed by atoms with E-state index in [1.54, 1.807) is 30.3 Å². The van der Waals surface area contributed by atoms with Crippen LogP contribution < -0.4 is 5.01 Å². The van der Waals surface area contributed by atoms with Gasteiger partial charge in [0.2, 0.25) is 0 Å². The molecule has 3 nitrogen and oxygen atoms in total. The van der Waals surface area contributed by atoms with Crippen LogP contribution in [-0.4, -0.2) is 28.8 Å². The topological polar surface area (TPSA) is 35.8 Å². The summed E-state index contributed by atoms with van der Waals surface area (Å²) < 4.78 is 81.4. The van der Waals surface area contributed by atoms with Gasteiger partial charge in [-0.25, -0.2) is 0 Å². The van der Waals surface area contributed by atoms with Crippen LogP contribution in [0, 0.1) is 6.92 Å². The Morgan fingerprint density at radius 3 is 1.86 bits per heavy atom. The summed E-state index contributed by atoms with van der Waals surface area (Å²) in [5, 5.41) is 14.7. The molecule has 4 rings (SSSR count). The normalized spacial score (nSPS) is 17.0. The Kier molecular flexibility index (Phi) is 6.36. The number of para-hydroxylation sites is 1. The van der Waals surface area contributed by atoms with Crippen molar-refractivity contribution >= 4 is 23.0 Å². The number of aliphatic hydroxyl groups is 1. The third-order valence-corrected chi connectivity index (χ3v) is 6.25. The van der Waals surface area contributed by atoms with E-state index in [0.717, 1.165) is 21.7 Å². The molecular formula is C25H19ClF6N2O. The van der Waals surface area contributed by atoms with Gasteiger partial charge in [-0.3, -0.25) is 5.01 Å². The summed E-state index contributed by atoms with van der Waals surface area (Å²) in [4.78, 5) is 0. The van der Waals surface area contributed by atoms with Crippen molar-refractivity contribution in [3.8, 4) is 11.1 Å². The fraction of sp³-hybridized carbons (Fsp3) is 0.240. The SMILES string of the molecule is Cc1ccc(-c2ccc(C3CC(C(O)(C(F)(F)F)C(F)(F)F)=NN3c3ccccc3Cl)cc2)cc1. The van der Waals surface area contributed by atoms with E-state index < -0.39 is 36.1 Å². The molecule has 0 saturated heterocycles. The van der Waals surface area contributed by atoms with Gasteiger partial charge in [0.15, 0.2) is 0 Å². The molecule has 1 aliphatic heterocycles. The molecule has 0 fully saturated rings. The lowest BCUT2D eigenvalue weighted by Gasteiger charge is -2.32. The Morgan fingerprint density at radius 2 is 1.34 bits per heavy atom. The lowest BCUT2D eigenvalue weighted by molar-refractivity contribution is -0.338. The lowest BCUT2D eigenvalue weighted by atomic mass is 9.89. The number of rotatable bonds is 4. The first-order valence-corrected chi connectivity index (χ1v) is 10.9. The van der Waals surface area contributed by atoms with Gasteiger partial charge in [-0.15, -0.1) is 0 Å². The van der Waals surface area contributed by atoms with Crippen molar-refractivity contribution in [2.45, 2.75) is 37.3 Å². The number of hydrogen-bond acceptors (Lipinski definition) is 3. The fourth-order valence-electron chi connectivity index (χ4n) is 3.98. The standard InChI is InChI=1S/C25H19ClF6N2O/c1-15-6-8-16(9-7-15)17-10-12-18(13-11-17)21-14-22(23(35,24(27,28)29)25(30,31)32)33-34(21)20-5-3-2-4-19(20)26/h2-13,21,35H,14H2,1H3. The number of alkyl halides is 6. The minimum Gasteiger partial charge on any atom is -0.369 e. The molecule has 0 aliphatic carbocycles. The second kappa shape index (κ2) is 8.87. The molecule has 1 unspecified atom stereocenters. The molecule has 0 aromatic heterocycles. The van der Waals surface area contributed by atoms with Crippen molar-refractivity contribution in [3.05, 3.63) is 88.9 Å². The Balaban J connectivity index is 1.78. The van der Waals surface area contributed by atoms with E-state index in [-0.39, 0.29) is 10.7 Å². The highest BCUT2D eigenvalue weighted by Gasteiger charge is 2.74. The third kappa shape index (κ3) is 4.50. The second-order valence-electron chi connectivity index (χ2n) is 8.26. The maximum absolute atomic E-state index is 13.6. The van der Waals surface area contributed by atoms with Gasteiger partial charge in [-0.2, -0.15) is 31.4 Å². The highest BCUT2D eigenvalue weighted by Crippen LogP contribution is 2.49. The maximum atomic E-state index is 13.6. The molecule has 0 radical (unpaired) electrons. The van der Waals surface area contributed by atoms with Gasteiger partial charge in [0, 0.05) is 6.42 Å². The van der Waals surface area contributed by atoms with Crippen LogP contribution >= 0.6 is 11.6 Å². The summed E-state index contributed by atoms with van der Waals surface area (Å²) in [7, 11) is 0. The molecule has 1 heterocycles. The molecule has 0 spiro atoms. The number of halogens is 7. The Morgan fingerprint density at radius 1 is 0.829 bits per heavy atom. The van der Waals surface area contributed by atoms with E-state index in [2.05, 4.69) is 5.10 Å². The highest BCUT2D eigenvalue weighted by molar-refractivity contribution is 6.33. The van der Waals surface area contributed by atoms with E-state index >= 15 is 0 Å². The predicted molar refractivity (Wildman–Crippen MR) is 122 cm³/mol. The van der Waals surface area contributed by atoms with Crippen molar-refractivity contribution < 1.29 is 31.4 Å². The maximum Gasteiger partial charge on any atom is 0.431 e. The molecule has 0 bridgehead atoms. The summed E-state index contributed by atoms with van der Waals surface area (Å²) >= 11 is 6.20. The summed E-state index contributed by atoms with van der Waals surface area (Å²) in [5.74, 6) is 0.